The van der Waals surface area contributed by atoms with Crippen LogP contribution in [0.4, 0.5) is 14.9 Å². The highest BCUT2D eigenvalue weighted by molar-refractivity contribution is 7.91. The average molecular weight is 619 g/mol. The summed E-state index contributed by atoms with van der Waals surface area (Å²) in [6, 6.07) is 6.87. The summed E-state index contributed by atoms with van der Waals surface area (Å²) >= 11 is 6.01. The zero-order valence-corrected chi connectivity index (χ0v) is 24.3. The van der Waals surface area contributed by atoms with Crippen LogP contribution in [0.25, 0.3) is 23.2 Å². The number of carbonyl (C=O) groups excluding carboxylic acids is 2. The van der Waals surface area contributed by atoms with Crippen LogP contribution in [-0.4, -0.2) is 58.2 Å². The highest BCUT2D eigenvalue weighted by atomic mass is 35.5. The number of anilines is 1. The van der Waals surface area contributed by atoms with Crippen molar-refractivity contribution in [1.29, 1.82) is 0 Å². The largest absolute Gasteiger partial charge is 0.444 e. The molecule has 13 nitrogen and oxygen atoms in total. The third kappa shape index (κ3) is 6.11. The molecule has 0 spiro atoms. The number of aryl methyl sites for hydroxylation is 1. The van der Waals surface area contributed by atoms with E-state index in [1.165, 1.54) is 0 Å². The highest BCUT2D eigenvalue weighted by Gasteiger charge is 2.40. The SMILES string of the molecule is Cc1nnc(-c2nc(-c3cc4c(cc3F)S(=O)(=O)C[C@H](NC(=O)OC(C)(C)C)C(=O)N4Cc3ccc(Cl)cc3)no2)o1. The smallest absolute Gasteiger partial charge is 0.408 e. The number of ether oxygens (including phenoxy) is 1. The third-order valence-corrected chi connectivity index (χ3v) is 7.97. The Kier molecular flexibility index (Phi) is 7.49. The van der Waals surface area contributed by atoms with Crippen molar-refractivity contribution in [2.75, 3.05) is 10.7 Å². The number of amides is 2. The summed E-state index contributed by atoms with van der Waals surface area (Å²) in [4.78, 5) is 31.2. The van der Waals surface area contributed by atoms with Gasteiger partial charge in [0.15, 0.2) is 9.84 Å². The summed E-state index contributed by atoms with van der Waals surface area (Å²) in [6.07, 6.45) is -0.990. The molecule has 0 saturated heterocycles. The molecule has 1 N–H and O–H groups in total. The van der Waals surface area contributed by atoms with Gasteiger partial charge < -0.3 is 23.9 Å². The normalized spacial score (nSPS) is 16.6. The first-order valence-electron chi connectivity index (χ1n) is 12.5. The summed E-state index contributed by atoms with van der Waals surface area (Å²) < 4.78 is 58.2. The molecule has 2 amide bonds. The van der Waals surface area contributed by atoms with Crippen LogP contribution in [0.15, 0.2) is 50.2 Å². The van der Waals surface area contributed by atoms with Gasteiger partial charge in [0.25, 0.3) is 5.91 Å². The van der Waals surface area contributed by atoms with Gasteiger partial charge in [-0.1, -0.05) is 28.9 Å². The van der Waals surface area contributed by atoms with Crippen LogP contribution in [0, 0.1) is 12.7 Å². The number of carbonyl (C=O) groups is 2. The second-order valence-electron chi connectivity index (χ2n) is 10.4. The highest BCUT2D eigenvalue weighted by Crippen LogP contribution is 2.37. The number of benzene rings is 2. The molecular formula is C26H24ClFN6O7S. The van der Waals surface area contributed by atoms with Gasteiger partial charge in [0, 0.05) is 11.9 Å². The van der Waals surface area contributed by atoms with E-state index in [0.717, 1.165) is 17.0 Å². The average Bonchev–Trinajstić information content (AvgIpc) is 3.54. The minimum atomic E-state index is -4.33. The van der Waals surface area contributed by atoms with Gasteiger partial charge in [-0.25, -0.2) is 17.6 Å². The van der Waals surface area contributed by atoms with Crippen LogP contribution in [0.1, 0.15) is 32.2 Å². The predicted molar refractivity (Wildman–Crippen MR) is 146 cm³/mol. The minimum Gasteiger partial charge on any atom is -0.444 e. The number of hydrogen-bond acceptors (Lipinski definition) is 11. The number of hydrogen-bond donors (Lipinski definition) is 1. The standard InChI is InChI=1S/C26H24ClFN6O7S/c1-13-31-32-23(39-13)22-30-21(33-41-22)16-9-19-20(10-17(16)28)42(37,38)12-18(29-25(36)40-26(2,3)4)24(35)34(19)11-14-5-7-15(27)8-6-14/h5-10,18H,11-12H2,1-4H3,(H,29,36)/t18-/m0/s1. The van der Waals surface area contributed by atoms with Crippen molar-refractivity contribution in [3.8, 4) is 23.2 Å². The minimum absolute atomic E-state index is 0.0976. The molecule has 16 heteroatoms. The molecule has 2 aromatic carbocycles. The molecule has 2 aromatic heterocycles. The molecule has 0 unspecified atom stereocenters. The van der Waals surface area contributed by atoms with Crippen LogP contribution in [0.5, 0.6) is 0 Å². The third-order valence-electron chi connectivity index (χ3n) is 5.95. The van der Waals surface area contributed by atoms with Crippen molar-refractivity contribution in [2.24, 2.45) is 0 Å². The van der Waals surface area contributed by atoms with Crippen molar-refractivity contribution in [3.63, 3.8) is 0 Å². The Morgan fingerprint density at radius 1 is 1.19 bits per heavy atom. The number of sulfone groups is 1. The Hall–Kier alpha value is -4.37. The fourth-order valence-corrected chi connectivity index (χ4v) is 5.89. The molecule has 0 fully saturated rings. The molecule has 220 valence electrons. The maximum absolute atomic E-state index is 15.5. The van der Waals surface area contributed by atoms with Crippen molar-refractivity contribution >= 4 is 39.1 Å². The lowest BCUT2D eigenvalue weighted by atomic mass is 10.1. The van der Waals surface area contributed by atoms with Gasteiger partial charge in [0.05, 0.1) is 28.4 Å². The number of halogens is 2. The van der Waals surface area contributed by atoms with Crippen molar-refractivity contribution in [1.82, 2.24) is 25.7 Å². The first-order chi connectivity index (χ1) is 19.7. The van der Waals surface area contributed by atoms with E-state index in [0.29, 0.717) is 10.6 Å². The van der Waals surface area contributed by atoms with Crippen LogP contribution in [0.2, 0.25) is 5.02 Å². The Balaban J connectivity index is 1.61. The number of nitrogens with zero attached hydrogens (tertiary/aromatic N) is 5. The summed E-state index contributed by atoms with van der Waals surface area (Å²) in [7, 11) is -4.33. The fraction of sp³-hybridized carbons (Fsp3) is 0.308. The Morgan fingerprint density at radius 2 is 1.90 bits per heavy atom. The summed E-state index contributed by atoms with van der Waals surface area (Å²) in [5.74, 6) is -2.92. The zero-order valence-electron chi connectivity index (χ0n) is 22.7. The van der Waals surface area contributed by atoms with E-state index in [1.54, 1.807) is 52.0 Å². The lowest BCUT2D eigenvalue weighted by Gasteiger charge is -2.27. The summed E-state index contributed by atoms with van der Waals surface area (Å²) in [5.41, 5.74) is -0.750. The van der Waals surface area contributed by atoms with E-state index < -0.39 is 49.9 Å². The lowest BCUT2D eigenvalue weighted by molar-refractivity contribution is -0.120. The van der Waals surface area contributed by atoms with Gasteiger partial charge in [0.1, 0.15) is 17.5 Å². The fourth-order valence-electron chi connectivity index (χ4n) is 4.15. The van der Waals surface area contributed by atoms with Gasteiger partial charge in [-0.2, -0.15) is 4.98 Å². The van der Waals surface area contributed by atoms with Gasteiger partial charge in [-0.05, 0) is 50.6 Å². The molecule has 42 heavy (non-hydrogen) atoms. The van der Waals surface area contributed by atoms with E-state index >= 15 is 4.39 Å². The molecule has 1 atom stereocenters. The van der Waals surface area contributed by atoms with Crippen LogP contribution in [0.3, 0.4) is 0 Å². The van der Waals surface area contributed by atoms with E-state index in [2.05, 4.69) is 25.7 Å². The van der Waals surface area contributed by atoms with Crippen LogP contribution in [-0.2, 0) is 25.9 Å². The zero-order chi connectivity index (χ0) is 30.4. The van der Waals surface area contributed by atoms with Gasteiger partial charge in [0.2, 0.25) is 11.7 Å². The maximum atomic E-state index is 15.5. The molecule has 0 aliphatic carbocycles. The van der Waals surface area contributed by atoms with E-state index in [-0.39, 0.29) is 41.3 Å². The van der Waals surface area contributed by atoms with Gasteiger partial charge in [-0.3, -0.25) is 4.79 Å². The second kappa shape index (κ2) is 10.8. The Morgan fingerprint density at radius 3 is 2.55 bits per heavy atom. The molecule has 4 aromatic rings. The first kappa shape index (κ1) is 29.1. The maximum Gasteiger partial charge on any atom is 0.408 e. The monoisotopic (exact) mass is 618 g/mol. The molecule has 3 heterocycles. The van der Waals surface area contributed by atoms with Crippen LogP contribution >= 0.6 is 11.6 Å². The van der Waals surface area contributed by atoms with E-state index in [4.69, 9.17) is 25.3 Å². The van der Waals surface area contributed by atoms with Crippen molar-refractivity contribution in [3.05, 3.63) is 58.7 Å². The lowest BCUT2D eigenvalue weighted by Crippen LogP contribution is -2.51. The summed E-state index contributed by atoms with van der Waals surface area (Å²) in [6.45, 7) is 6.27. The quantitative estimate of drug-likeness (QED) is 0.341. The molecule has 0 radical (unpaired) electrons. The van der Waals surface area contributed by atoms with Crippen LogP contribution < -0.4 is 10.2 Å². The van der Waals surface area contributed by atoms with E-state index in [9.17, 15) is 18.0 Å². The topological polar surface area (TPSA) is 171 Å². The summed E-state index contributed by atoms with van der Waals surface area (Å²) in [5, 5.41) is 14.0. The van der Waals surface area contributed by atoms with E-state index in [1.807, 2.05) is 0 Å². The molecule has 1 aliphatic heterocycles. The Labute approximate surface area is 243 Å². The number of alkyl carbamates (subject to hydrolysis) is 1. The molecule has 0 bridgehead atoms. The predicted octanol–water partition coefficient (Wildman–Crippen LogP) is 4.10. The molecular weight excluding hydrogens is 595 g/mol. The number of rotatable bonds is 5. The molecule has 1 aliphatic rings. The van der Waals surface area contributed by atoms with Crippen molar-refractivity contribution < 1.29 is 36.1 Å². The Bertz CT molecular complexity index is 1780. The number of fused-ring (bicyclic) bond motifs is 1. The van der Waals surface area contributed by atoms with Crippen molar-refractivity contribution in [2.45, 2.75) is 50.8 Å². The molecule has 5 rings (SSSR count). The second-order valence-corrected chi connectivity index (χ2v) is 12.8. The van der Waals surface area contributed by atoms with Gasteiger partial charge >= 0.3 is 17.9 Å². The number of nitrogens with one attached hydrogen (secondary N) is 1. The first-order valence-corrected chi connectivity index (χ1v) is 14.5. The molecule has 0 saturated carbocycles. The van der Waals surface area contributed by atoms with Gasteiger partial charge in [-0.15, -0.1) is 10.2 Å². The number of aromatic nitrogens is 4.